The van der Waals surface area contributed by atoms with Crippen molar-refractivity contribution in [2.75, 3.05) is 7.05 Å². The zero-order valence-electron chi connectivity index (χ0n) is 9.36. The van der Waals surface area contributed by atoms with Crippen molar-refractivity contribution >= 4 is 11.6 Å². The Morgan fingerprint density at radius 3 is 2.47 bits per heavy atom. The second kappa shape index (κ2) is 4.54. The van der Waals surface area contributed by atoms with Gasteiger partial charge >= 0.3 is 0 Å². The molecule has 0 saturated carbocycles. The fraction of sp³-hybridized carbons (Fsp3) is 0.538. The maximum absolute atomic E-state index is 6.53. The van der Waals surface area contributed by atoms with Crippen LogP contribution in [-0.2, 0) is 0 Å². The van der Waals surface area contributed by atoms with Gasteiger partial charge in [0.2, 0.25) is 0 Å². The Bertz CT molecular complexity index is 312. The van der Waals surface area contributed by atoms with Crippen LogP contribution in [0, 0.1) is 0 Å². The molecule has 15 heavy (non-hydrogen) atoms. The summed E-state index contributed by atoms with van der Waals surface area (Å²) < 4.78 is 0. The van der Waals surface area contributed by atoms with Gasteiger partial charge in [-0.15, -0.1) is 11.6 Å². The average Bonchev–Trinajstić information content (AvgIpc) is 2.60. The molecule has 0 N–H and O–H groups in total. The highest BCUT2D eigenvalue weighted by Crippen LogP contribution is 2.35. The molecule has 0 aliphatic carbocycles. The Morgan fingerprint density at radius 2 is 1.93 bits per heavy atom. The lowest BCUT2D eigenvalue weighted by atomic mass is 10.0. The van der Waals surface area contributed by atoms with Gasteiger partial charge < -0.3 is 0 Å². The van der Waals surface area contributed by atoms with Gasteiger partial charge in [-0.3, -0.25) is 4.90 Å². The van der Waals surface area contributed by atoms with Gasteiger partial charge in [0.25, 0.3) is 0 Å². The van der Waals surface area contributed by atoms with E-state index in [1.165, 1.54) is 18.4 Å². The van der Waals surface area contributed by atoms with E-state index in [1.54, 1.807) is 0 Å². The summed E-state index contributed by atoms with van der Waals surface area (Å²) in [4.78, 5) is 2.41. The van der Waals surface area contributed by atoms with Gasteiger partial charge in [-0.05, 0) is 32.4 Å². The Kier molecular flexibility index (Phi) is 3.32. The molecule has 1 fully saturated rings. The third-order valence-corrected chi connectivity index (χ3v) is 4.10. The Morgan fingerprint density at radius 1 is 1.27 bits per heavy atom. The first-order valence-corrected chi connectivity index (χ1v) is 6.04. The smallest absolute Gasteiger partial charge is 0.0740 e. The van der Waals surface area contributed by atoms with E-state index in [1.807, 2.05) is 6.07 Å². The van der Waals surface area contributed by atoms with E-state index in [0.717, 1.165) is 0 Å². The van der Waals surface area contributed by atoms with E-state index in [9.17, 15) is 0 Å². The highest BCUT2D eigenvalue weighted by Gasteiger charge is 2.32. The summed E-state index contributed by atoms with van der Waals surface area (Å²) in [6.45, 7) is 2.27. The number of likely N-dealkylation sites (N-methyl/N-ethyl adjacent to an activating group) is 1. The van der Waals surface area contributed by atoms with E-state index in [4.69, 9.17) is 11.6 Å². The van der Waals surface area contributed by atoms with E-state index in [-0.39, 0.29) is 5.38 Å². The van der Waals surface area contributed by atoms with Crippen LogP contribution < -0.4 is 0 Å². The van der Waals surface area contributed by atoms with Crippen LogP contribution in [0.15, 0.2) is 30.3 Å². The van der Waals surface area contributed by atoms with Crippen molar-refractivity contribution in [3.8, 4) is 0 Å². The topological polar surface area (TPSA) is 3.24 Å². The normalized spacial score (nSPS) is 29.3. The molecular weight excluding hydrogens is 206 g/mol. The van der Waals surface area contributed by atoms with Gasteiger partial charge in [-0.25, -0.2) is 0 Å². The van der Waals surface area contributed by atoms with Crippen LogP contribution in [-0.4, -0.2) is 24.0 Å². The molecule has 1 heterocycles. The number of rotatable bonds is 2. The predicted molar refractivity (Wildman–Crippen MR) is 65.3 cm³/mol. The van der Waals surface area contributed by atoms with Crippen molar-refractivity contribution in [3.05, 3.63) is 35.9 Å². The standard InChI is InChI=1S/C13H18ClN/c1-10-8-9-12(15(10)2)13(14)11-6-4-3-5-7-11/h3-7,10,12-13H,8-9H2,1-2H3/t10-,12-,13?/m0/s1. The largest absolute Gasteiger partial charge is 0.299 e. The summed E-state index contributed by atoms with van der Waals surface area (Å²) in [6.07, 6.45) is 2.47. The number of benzene rings is 1. The van der Waals surface area contributed by atoms with Crippen LogP contribution in [0.2, 0.25) is 0 Å². The molecule has 0 radical (unpaired) electrons. The summed E-state index contributed by atoms with van der Waals surface area (Å²) in [5.41, 5.74) is 1.24. The molecule has 0 amide bonds. The van der Waals surface area contributed by atoms with Crippen LogP contribution in [0.25, 0.3) is 0 Å². The molecule has 1 aromatic rings. The lowest BCUT2D eigenvalue weighted by Gasteiger charge is -2.27. The Balaban J connectivity index is 2.12. The molecule has 82 valence electrons. The number of alkyl halides is 1. The molecule has 1 unspecified atom stereocenters. The molecule has 2 rings (SSSR count). The van der Waals surface area contributed by atoms with E-state index in [2.05, 4.69) is 43.1 Å². The second-order valence-corrected chi connectivity index (χ2v) is 4.94. The minimum atomic E-state index is 0.126. The zero-order chi connectivity index (χ0) is 10.8. The SMILES string of the molecule is C[C@H]1CC[C@@H](C(Cl)c2ccccc2)N1C. The van der Waals surface area contributed by atoms with Gasteiger partial charge in [0.1, 0.15) is 0 Å². The quantitative estimate of drug-likeness (QED) is 0.695. The van der Waals surface area contributed by atoms with Gasteiger partial charge in [0.15, 0.2) is 0 Å². The zero-order valence-corrected chi connectivity index (χ0v) is 10.1. The molecule has 0 bridgehead atoms. The van der Waals surface area contributed by atoms with Crippen LogP contribution in [0.5, 0.6) is 0 Å². The first kappa shape index (κ1) is 11.0. The molecule has 0 spiro atoms. The van der Waals surface area contributed by atoms with E-state index in [0.29, 0.717) is 12.1 Å². The number of hydrogen-bond donors (Lipinski definition) is 0. The van der Waals surface area contributed by atoms with Gasteiger partial charge in [0.05, 0.1) is 5.38 Å². The summed E-state index contributed by atoms with van der Waals surface area (Å²) in [5, 5.41) is 0.126. The molecule has 1 aliphatic heterocycles. The fourth-order valence-corrected chi connectivity index (χ4v) is 2.81. The lowest BCUT2D eigenvalue weighted by Crippen LogP contribution is -2.33. The highest BCUT2D eigenvalue weighted by molar-refractivity contribution is 6.21. The van der Waals surface area contributed by atoms with Crippen molar-refractivity contribution in [2.45, 2.75) is 37.2 Å². The first-order valence-electron chi connectivity index (χ1n) is 5.61. The molecule has 3 atom stereocenters. The molecule has 2 heteroatoms. The maximum Gasteiger partial charge on any atom is 0.0740 e. The molecule has 1 saturated heterocycles. The van der Waals surface area contributed by atoms with E-state index < -0.39 is 0 Å². The third-order valence-electron chi connectivity index (χ3n) is 3.55. The number of hydrogen-bond acceptors (Lipinski definition) is 1. The first-order chi connectivity index (χ1) is 7.20. The van der Waals surface area contributed by atoms with Gasteiger partial charge in [-0.2, -0.15) is 0 Å². The van der Waals surface area contributed by atoms with E-state index >= 15 is 0 Å². The van der Waals surface area contributed by atoms with Crippen LogP contribution in [0.3, 0.4) is 0 Å². The van der Waals surface area contributed by atoms with Gasteiger partial charge in [-0.1, -0.05) is 30.3 Å². The molecule has 1 nitrogen and oxygen atoms in total. The maximum atomic E-state index is 6.53. The second-order valence-electron chi connectivity index (χ2n) is 4.47. The minimum Gasteiger partial charge on any atom is -0.299 e. The number of likely N-dealkylation sites (tertiary alicyclic amines) is 1. The minimum absolute atomic E-state index is 0.126. The molecule has 0 aromatic heterocycles. The van der Waals surface area contributed by atoms with Crippen molar-refractivity contribution < 1.29 is 0 Å². The molecule has 1 aliphatic rings. The summed E-state index contributed by atoms with van der Waals surface area (Å²) >= 11 is 6.53. The van der Waals surface area contributed by atoms with Crippen molar-refractivity contribution in [2.24, 2.45) is 0 Å². The molecule has 1 aromatic carbocycles. The Hall–Kier alpha value is -0.530. The molecular formula is C13H18ClN. The van der Waals surface area contributed by atoms with Crippen LogP contribution >= 0.6 is 11.6 Å². The predicted octanol–water partition coefficient (Wildman–Crippen LogP) is 3.45. The van der Waals surface area contributed by atoms with Gasteiger partial charge in [0, 0.05) is 12.1 Å². The number of nitrogens with zero attached hydrogens (tertiary/aromatic N) is 1. The third kappa shape index (κ3) is 2.19. The summed E-state index contributed by atoms with van der Waals surface area (Å²) in [6, 6.07) is 11.5. The van der Waals surface area contributed by atoms with Crippen molar-refractivity contribution in [1.82, 2.24) is 4.90 Å². The number of halogens is 1. The monoisotopic (exact) mass is 223 g/mol. The summed E-state index contributed by atoms with van der Waals surface area (Å²) in [5.74, 6) is 0. The van der Waals surface area contributed by atoms with Crippen molar-refractivity contribution in [3.63, 3.8) is 0 Å². The average molecular weight is 224 g/mol. The van der Waals surface area contributed by atoms with Crippen LogP contribution in [0.1, 0.15) is 30.7 Å². The Labute approximate surface area is 97.0 Å². The highest BCUT2D eigenvalue weighted by atomic mass is 35.5. The summed E-state index contributed by atoms with van der Waals surface area (Å²) in [7, 11) is 2.18. The fourth-order valence-electron chi connectivity index (χ4n) is 2.36. The van der Waals surface area contributed by atoms with Crippen LogP contribution in [0.4, 0.5) is 0 Å². The lowest BCUT2D eigenvalue weighted by molar-refractivity contribution is 0.247. The van der Waals surface area contributed by atoms with Crippen molar-refractivity contribution in [1.29, 1.82) is 0 Å².